The summed E-state index contributed by atoms with van der Waals surface area (Å²) in [6, 6.07) is 0. The summed E-state index contributed by atoms with van der Waals surface area (Å²) in [5.74, 6) is 0. The second kappa shape index (κ2) is 2.90. The van der Waals surface area contributed by atoms with Crippen molar-refractivity contribution in [3.05, 3.63) is 0 Å². The Labute approximate surface area is 69.9 Å². The van der Waals surface area contributed by atoms with E-state index in [1.165, 1.54) is 0 Å². The lowest BCUT2D eigenvalue weighted by atomic mass is 10.4. The van der Waals surface area contributed by atoms with E-state index in [4.69, 9.17) is 12.2 Å². The second-order valence-electron chi connectivity index (χ2n) is 1.70. The molecule has 1 N–H and O–H groups in total. The molecular formula is C4H6N2S3. The highest BCUT2D eigenvalue weighted by atomic mass is 32.1. The molecule has 0 fully saturated rings. The van der Waals surface area contributed by atoms with Crippen molar-refractivity contribution in [2.75, 3.05) is 0 Å². The van der Waals surface area contributed by atoms with E-state index < -0.39 is 0 Å². The van der Waals surface area contributed by atoms with Crippen molar-refractivity contribution in [2.45, 2.75) is 11.8 Å². The van der Waals surface area contributed by atoms with Gasteiger partial charge < -0.3 is 5.32 Å². The summed E-state index contributed by atoms with van der Waals surface area (Å²) in [6.07, 6.45) is 0.742. The van der Waals surface area contributed by atoms with Crippen LogP contribution in [0.3, 0.4) is 0 Å². The van der Waals surface area contributed by atoms with Crippen molar-refractivity contribution in [3.8, 4) is 0 Å². The normalized spacial score (nSPS) is 27.1. The molecule has 50 valence electrons. The minimum atomic E-state index is 0.0856. The molecule has 0 aromatic carbocycles. The van der Waals surface area contributed by atoms with Gasteiger partial charge in [-0.25, -0.2) is 4.99 Å². The van der Waals surface area contributed by atoms with E-state index in [-0.39, 0.29) is 5.37 Å². The van der Waals surface area contributed by atoms with Crippen molar-refractivity contribution < 1.29 is 0 Å². The van der Waals surface area contributed by atoms with Crippen LogP contribution < -0.4 is 5.32 Å². The smallest absolute Gasteiger partial charge is 0.194 e. The highest BCUT2D eigenvalue weighted by molar-refractivity contribution is 7.97. The molecule has 0 saturated heterocycles. The fourth-order valence-corrected chi connectivity index (χ4v) is 1.69. The molecule has 1 aliphatic heterocycles. The number of nitrogens with zero attached hydrogens (tertiary/aromatic N) is 1. The van der Waals surface area contributed by atoms with Gasteiger partial charge in [0, 0.05) is 6.42 Å². The molecule has 1 atom stereocenters. The Hall–Kier alpha value is 0.260. The fourth-order valence-electron chi connectivity index (χ4n) is 0.562. The van der Waals surface area contributed by atoms with Crippen LogP contribution in [0.2, 0.25) is 0 Å². The van der Waals surface area contributed by atoms with Gasteiger partial charge in [0.2, 0.25) is 0 Å². The minimum absolute atomic E-state index is 0.0856. The molecule has 9 heavy (non-hydrogen) atoms. The maximum atomic E-state index is 4.76. The molecule has 0 radical (unpaired) electrons. The molecule has 5 heteroatoms. The highest BCUT2D eigenvalue weighted by Gasteiger charge is 2.11. The Morgan fingerprint density at radius 1 is 1.78 bits per heavy atom. The van der Waals surface area contributed by atoms with Crippen LogP contribution in [0.15, 0.2) is 4.99 Å². The largest absolute Gasteiger partial charge is 0.349 e. The second-order valence-corrected chi connectivity index (χ2v) is 3.22. The highest BCUT2D eigenvalue weighted by Crippen LogP contribution is 2.07. The summed E-state index contributed by atoms with van der Waals surface area (Å²) >= 11 is 13.0. The van der Waals surface area contributed by atoms with Crippen molar-refractivity contribution in [1.82, 2.24) is 5.32 Å². The van der Waals surface area contributed by atoms with Crippen LogP contribution in [-0.4, -0.2) is 15.5 Å². The minimum Gasteiger partial charge on any atom is -0.349 e. The van der Waals surface area contributed by atoms with Gasteiger partial charge in [-0.2, -0.15) is 12.6 Å². The van der Waals surface area contributed by atoms with Crippen LogP contribution in [0.5, 0.6) is 0 Å². The summed E-state index contributed by atoms with van der Waals surface area (Å²) in [5.41, 5.74) is 0. The number of nitrogens with one attached hydrogen (secondary N) is 1. The summed E-state index contributed by atoms with van der Waals surface area (Å²) < 4.78 is 0. The first kappa shape index (κ1) is 7.37. The predicted octanol–water partition coefficient (Wildman–Crippen LogP) is 0.849. The molecule has 0 aromatic rings. The Morgan fingerprint density at radius 3 is 2.89 bits per heavy atom. The predicted molar refractivity (Wildman–Crippen MR) is 49.5 cm³/mol. The van der Waals surface area contributed by atoms with Crippen LogP contribution in [0.4, 0.5) is 0 Å². The summed E-state index contributed by atoms with van der Waals surface area (Å²) in [4.78, 5) is 3.89. The average Bonchev–Trinajstić information content (AvgIpc) is 1.59. The van der Waals surface area contributed by atoms with E-state index >= 15 is 0 Å². The molecule has 1 unspecified atom stereocenters. The molecule has 0 aliphatic carbocycles. The standard InChI is InChI=1S/C4H6N2S3/c7-2-1-3(8)6-4(9)5-2/h2,7H,1H2,(H2,5,6,8,9). The van der Waals surface area contributed by atoms with Crippen molar-refractivity contribution in [1.29, 1.82) is 0 Å². The van der Waals surface area contributed by atoms with Crippen LogP contribution in [0.25, 0.3) is 0 Å². The Kier molecular flexibility index (Phi) is 2.37. The third-order valence-corrected chi connectivity index (χ3v) is 1.70. The zero-order valence-corrected chi connectivity index (χ0v) is 7.14. The molecule has 0 bridgehead atoms. The molecule has 0 spiro atoms. The van der Waals surface area contributed by atoms with Gasteiger partial charge in [0.15, 0.2) is 5.11 Å². The molecular weight excluding hydrogens is 172 g/mol. The molecule has 1 aliphatic rings. The van der Waals surface area contributed by atoms with Gasteiger partial charge in [0.05, 0.1) is 10.4 Å². The van der Waals surface area contributed by atoms with E-state index in [9.17, 15) is 0 Å². The number of rotatable bonds is 0. The zero-order chi connectivity index (χ0) is 6.85. The van der Waals surface area contributed by atoms with E-state index in [0.29, 0.717) is 5.11 Å². The van der Waals surface area contributed by atoms with Gasteiger partial charge in [0.1, 0.15) is 0 Å². The summed E-state index contributed by atoms with van der Waals surface area (Å²) in [7, 11) is 0. The van der Waals surface area contributed by atoms with Gasteiger partial charge in [-0.1, -0.05) is 0 Å². The number of thiocarbonyl (C=S) groups is 1. The third kappa shape index (κ3) is 2.15. The fraction of sp³-hybridized carbons (Fsp3) is 0.500. The van der Waals surface area contributed by atoms with E-state index in [1.807, 2.05) is 0 Å². The van der Waals surface area contributed by atoms with Crippen LogP contribution in [0, 0.1) is 0 Å². The topological polar surface area (TPSA) is 24.4 Å². The number of hydrogen-bond acceptors (Lipinski definition) is 2. The van der Waals surface area contributed by atoms with E-state index in [1.54, 1.807) is 0 Å². The van der Waals surface area contributed by atoms with Gasteiger partial charge >= 0.3 is 0 Å². The molecule has 1 heterocycles. The SMILES string of the molecule is S=C1N=C(S)CC(S)N1. The summed E-state index contributed by atoms with van der Waals surface area (Å²) in [5, 5.41) is 4.18. The lowest BCUT2D eigenvalue weighted by Gasteiger charge is -2.16. The molecule has 1 rings (SSSR count). The van der Waals surface area contributed by atoms with Crippen molar-refractivity contribution in [3.63, 3.8) is 0 Å². The van der Waals surface area contributed by atoms with Gasteiger partial charge in [-0.05, 0) is 12.2 Å². The molecule has 0 saturated carbocycles. The Morgan fingerprint density at radius 2 is 2.44 bits per heavy atom. The number of thiol groups is 2. The maximum absolute atomic E-state index is 4.76. The first-order valence-electron chi connectivity index (χ1n) is 2.43. The first-order chi connectivity index (χ1) is 4.18. The van der Waals surface area contributed by atoms with Gasteiger partial charge in [-0.15, -0.1) is 12.6 Å². The van der Waals surface area contributed by atoms with Crippen LogP contribution in [-0.2, 0) is 0 Å². The summed E-state index contributed by atoms with van der Waals surface area (Å²) in [6.45, 7) is 0. The maximum Gasteiger partial charge on any atom is 0.194 e. The quantitative estimate of drug-likeness (QED) is 0.378. The van der Waals surface area contributed by atoms with Crippen LogP contribution >= 0.6 is 37.5 Å². The Bertz CT molecular complexity index is 165. The number of aliphatic imine (C=N–C) groups is 1. The van der Waals surface area contributed by atoms with E-state index in [0.717, 1.165) is 11.5 Å². The molecule has 2 nitrogen and oxygen atoms in total. The zero-order valence-electron chi connectivity index (χ0n) is 4.53. The molecule has 0 aromatic heterocycles. The first-order valence-corrected chi connectivity index (χ1v) is 3.81. The molecule has 0 amide bonds. The Balaban J connectivity index is 2.67. The monoisotopic (exact) mass is 178 g/mol. The van der Waals surface area contributed by atoms with Crippen LogP contribution in [0.1, 0.15) is 6.42 Å². The lowest BCUT2D eigenvalue weighted by molar-refractivity contribution is 0.845. The number of hydrogen-bond donors (Lipinski definition) is 3. The van der Waals surface area contributed by atoms with Crippen molar-refractivity contribution in [2.24, 2.45) is 4.99 Å². The van der Waals surface area contributed by atoms with E-state index in [2.05, 4.69) is 35.6 Å². The average molecular weight is 178 g/mol. The lowest BCUT2D eigenvalue weighted by Crippen LogP contribution is -2.34. The van der Waals surface area contributed by atoms with Gasteiger partial charge in [0.25, 0.3) is 0 Å². The van der Waals surface area contributed by atoms with Crippen molar-refractivity contribution >= 4 is 47.6 Å². The third-order valence-electron chi connectivity index (χ3n) is 0.897. The van der Waals surface area contributed by atoms with Gasteiger partial charge in [-0.3, -0.25) is 0 Å².